The average Bonchev–Trinajstić information content (AvgIpc) is 3.78. The molecule has 7 heteroatoms. The molecule has 0 fully saturated rings. The third-order valence-corrected chi connectivity index (χ3v) is 10.5. The molecule has 0 bridgehead atoms. The van der Waals surface area contributed by atoms with E-state index in [1.807, 2.05) is 77.9 Å². The molecule has 0 spiro atoms. The Kier molecular flexibility index (Phi) is 12.0. The van der Waals surface area contributed by atoms with Crippen molar-refractivity contribution in [2.75, 3.05) is 0 Å². The Balaban J connectivity index is 0.000000269. The molecule has 1 radical (unpaired) electrons. The van der Waals surface area contributed by atoms with Gasteiger partial charge in [0.1, 0.15) is 23.4 Å². The minimum atomic E-state index is -0.337. The molecule has 6 rings (SSSR count). The topological polar surface area (TPSA) is 89.4 Å². The number of allylic oxidation sites excluding steroid dienone is 2. The largest absolute Gasteiger partial charge is 0.512 e. The van der Waals surface area contributed by atoms with E-state index in [4.69, 9.17) is 8.83 Å². The molecule has 3 aromatic heterocycles. The van der Waals surface area contributed by atoms with Gasteiger partial charge in [0.05, 0.1) is 6.26 Å². The number of furan rings is 2. The van der Waals surface area contributed by atoms with Crippen LogP contribution in [0.15, 0.2) is 93.9 Å². The van der Waals surface area contributed by atoms with E-state index in [-0.39, 0.29) is 47.9 Å². The van der Waals surface area contributed by atoms with Crippen LogP contribution in [-0.4, -0.2) is 20.9 Å². The molecule has 50 heavy (non-hydrogen) atoms. The molecule has 0 amide bonds. The molecule has 0 aliphatic heterocycles. The summed E-state index contributed by atoms with van der Waals surface area (Å²) < 4.78 is 11.7. The summed E-state index contributed by atoms with van der Waals surface area (Å²) in [6, 6.07) is 24.1. The predicted octanol–water partition coefficient (Wildman–Crippen LogP) is 12.2. The molecule has 3 aromatic carbocycles. The number of ketones is 1. The molecule has 0 saturated carbocycles. The van der Waals surface area contributed by atoms with E-state index >= 15 is 0 Å². The SMILES string of the molecule is CC(C)(C)c1cc(-c2ncnc3oc(-c4cccc5occc45)cc23)[c-]c2ccccc12.CCC(C)(CC)C(=O)/C=C(\O)C(C)(CC)CC.[Ir]. The van der Waals surface area contributed by atoms with Crippen molar-refractivity contribution in [1.82, 2.24) is 9.97 Å². The van der Waals surface area contributed by atoms with Crippen LogP contribution in [0, 0.1) is 16.9 Å². The average molecular weight is 850 g/mol. The van der Waals surface area contributed by atoms with E-state index in [1.165, 1.54) is 17.0 Å². The zero-order valence-corrected chi connectivity index (χ0v) is 33.1. The predicted molar refractivity (Wildman–Crippen MR) is 201 cm³/mol. The molecule has 0 unspecified atom stereocenters. The van der Waals surface area contributed by atoms with Crippen molar-refractivity contribution >= 4 is 38.6 Å². The third kappa shape index (κ3) is 7.65. The van der Waals surface area contributed by atoms with E-state index < -0.39 is 0 Å². The second-order valence-electron chi connectivity index (χ2n) is 14.5. The zero-order valence-electron chi connectivity index (χ0n) is 30.7. The molecule has 1 N–H and O–H groups in total. The number of aromatic nitrogens is 2. The summed E-state index contributed by atoms with van der Waals surface area (Å²) in [6.07, 6.45) is 8.01. The smallest absolute Gasteiger partial charge is 0.222 e. The summed E-state index contributed by atoms with van der Waals surface area (Å²) in [5.74, 6) is 1.03. The molecular formula is C43H49IrN2O4-. The van der Waals surface area contributed by atoms with Crippen molar-refractivity contribution in [2.45, 2.75) is 93.4 Å². The summed E-state index contributed by atoms with van der Waals surface area (Å²) in [5, 5.41) is 14.3. The Hall–Kier alpha value is -4.06. The number of hydrogen-bond acceptors (Lipinski definition) is 6. The number of aliphatic hydroxyl groups is 1. The maximum absolute atomic E-state index is 12.2. The first-order valence-electron chi connectivity index (χ1n) is 17.4. The first-order valence-corrected chi connectivity index (χ1v) is 17.4. The van der Waals surface area contributed by atoms with E-state index in [0.29, 0.717) is 5.71 Å². The molecule has 0 aliphatic carbocycles. The van der Waals surface area contributed by atoms with E-state index in [1.54, 1.807) is 12.6 Å². The van der Waals surface area contributed by atoms with Crippen LogP contribution in [0.3, 0.4) is 0 Å². The molecule has 0 aliphatic rings. The van der Waals surface area contributed by atoms with E-state index in [9.17, 15) is 9.90 Å². The Bertz CT molecular complexity index is 2120. The molecule has 0 atom stereocenters. The van der Waals surface area contributed by atoms with Crippen LogP contribution >= 0.6 is 0 Å². The normalized spacial score (nSPS) is 12.5. The van der Waals surface area contributed by atoms with Gasteiger partial charge in [0.15, 0.2) is 5.78 Å². The monoisotopic (exact) mass is 850 g/mol. The third-order valence-electron chi connectivity index (χ3n) is 10.5. The fourth-order valence-electron chi connectivity index (χ4n) is 6.07. The first kappa shape index (κ1) is 38.7. The summed E-state index contributed by atoms with van der Waals surface area (Å²) in [4.78, 5) is 21.2. The number of rotatable bonds is 9. The van der Waals surface area contributed by atoms with Crippen molar-refractivity contribution in [1.29, 1.82) is 0 Å². The number of carbonyl (C=O) groups is 1. The molecular weight excluding hydrogens is 801 g/mol. The van der Waals surface area contributed by atoms with Crippen LogP contribution in [0.1, 0.15) is 93.6 Å². The van der Waals surface area contributed by atoms with Gasteiger partial charge in [-0.05, 0) is 49.3 Å². The van der Waals surface area contributed by atoms with Gasteiger partial charge >= 0.3 is 0 Å². The number of carbonyl (C=O) groups excluding carboxylic acids is 1. The van der Waals surface area contributed by atoms with Gasteiger partial charge in [-0.15, -0.1) is 29.1 Å². The fraction of sp³-hybridized carbons (Fsp3) is 0.372. The summed E-state index contributed by atoms with van der Waals surface area (Å²) in [5.41, 5.74) is 4.76. The first-order chi connectivity index (χ1) is 23.3. The second kappa shape index (κ2) is 15.4. The Morgan fingerprint density at radius 2 is 1.50 bits per heavy atom. The Morgan fingerprint density at radius 3 is 2.16 bits per heavy atom. The maximum atomic E-state index is 12.2. The van der Waals surface area contributed by atoms with E-state index in [0.717, 1.165) is 70.0 Å². The molecule has 265 valence electrons. The van der Waals surface area contributed by atoms with Crippen LogP contribution in [0.5, 0.6) is 0 Å². The number of hydrogen-bond donors (Lipinski definition) is 1. The van der Waals surface area contributed by atoms with Crippen molar-refractivity contribution in [2.24, 2.45) is 10.8 Å². The van der Waals surface area contributed by atoms with Gasteiger partial charge in [-0.2, -0.15) is 0 Å². The van der Waals surface area contributed by atoms with Gasteiger partial charge < -0.3 is 13.9 Å². The number of fused-ring (bicyclic) bond motifs is 3. The van der Waals surface area contributed by atoms with Crippen molar-refractivity contribution < 1.29 is 38.8 Å². The van der Waals surface area contributed by atoms with Gasteiger partial charge in [-0.3, -0.25) is 9.78 Å². The quantitative estimate of drug-likeness (QED) is 0.0885. The summed E-state index contributed by atoms with van der Waals surface area (Å²) in [6.45, 7) is 18.8. The van der Waals surface area contributed by atoms with Gasteiger partial charge in [-0.25, -0.2) is 4.98 Å². The molecule has 0 saturated heterocycles. The fourth-order valence-corrected chi connectivity index (χ4v) is 6.07. The molecule has 3 heterocycles. The van der Waals surface area contributed by atoms with Crippen LogP contribution in [-0.2, 0) is 30.3 Å². The molecule has 6 nitrogen and oxygen atoms in total. The Morgan fingerprint density at radius 1 is 0.820 bits per heavy atom. The van der Waals surface area contributed by atoms with Crippen molar-refractivity contribution in [3.05, 3.63) is 96.7 Å². The second-order valence-corrected chi connectivity index (χ2v) is 14.5. The zero-order chi connectivity index (χ0) is 35.6. The number of nitrogens with zero attached hydrogens (tertiary/aromatic N) is 2. The van der Waals surface area contributed by atoms with Crippen LogP contribution in [0.25, 0.3) is 55.4 Å². The summed E-state index contributed by atoms with van der Waals surface area (Å²) in [7, 11) is 0. The van der Waals surface area contributed by atoms with Crippen molar-refractivity contribution in [3.8, 4) is 22.6 Å². The van der Waals surface area contributed by atoms with Gasteiger partial charge in [0.25, 0.3) is 0 Å². The van der Waals surface area contributed by atoms with Crippen LogP contribution < -0.4 is 0 Å². The standard InChI is InChI=1S/C28H21N2O2.C15H28O2.Ir/c1-28(2,3)23-14-18(13-17-7-4-5-8-19(17)23)26-22-15-25(32-27(22)30-16-29-26)20-9-6-10-24-21(20)11-12-31-24;1-7-14(5,8-2)12(16)11-13(17)15(6,9-3)10-4;/h4-12,14-16H,1-3H3;11,16H,7-10H2,1-6H3;/q-1;;/b;12-11-;. The van der Waals surface area contributed by atoms with Gasteiger partial charge in [0.2, 0.25) is 5.71 Å². The van der Waals surface area contributed by atoms with Crippen LogP contribution in [0.4, 0.5) is 0 Å². The summed E-state index contributed by atoms with van der Waals surface area (Å²) >= 11 is 0. The number of benzene rings is 3. The Labute approximate surface area is 309 Å². The van der Waals surface area contributed by atoms with Gasteiger partial charge in [-0.1, -0.05) is 104 Å². The van der Waals surface area contributed by atoms with Crippen LogP contribution in [0.2, 0.25) is 0 Å². The maximum Gasteiger partial charge on any atom is 0.222 e. The number of aliphatic hydroxyl groups excluding tert-OH is 1. The molecule has 6 aromatic rings. The van der Waals surface area contributed by atoms with Crippen molar-refractivity contribution in [3.63, 3.8) is 0 Å². The minimum Gasteiger partial charge on any atom is -0.512 e. The van der Waals surface area contributed by atoms with E-state index in [2.05, 4.69) is 61.1 Å². The van der Waals surface area contributed by atoms with Gasteiger partial charge in [0, 0.05) is 59.0 Å². The minimum absolute atomic E-state index is 0.